The molecule has 0 radical (unpaired) electrons. The average Bonchev–Trinajstić information content (AvgIpc) is 3.35. The first-order chi connectivity index (χ1) is 14.4. The molecule has 0 aliphatic rings. The summed E-state index contributed by atoms with van der Waals surface area (Å²) in [5.41, 5.74) is 4.98. The van der Waals surface area contributed by atoms with Crippen molar-refractivity contribution in [1.29, 1.82) is 0 Å². The summed E-state index contributed by atoms with van der Waals surface area (Å²) in [7, 11) is 0. The van der Waals surface area contributed by atoms with E-state index in [4.69, 9.17) is 8.94 Å². The molecule has 7 nitrogen and oxygen atoms in total. The van der Waals surface area contributed by atoms with Crippen molar-refractivity contribution in [3.8, 4) is 22.9 Å². The summed E-state index contributed by atoms with van der Waals surface area (Å²) >= 11 is 0. The van der Waals surface area contributed by atoms with Gasteiger partial charge in [-0.2, -0.15) is 0 Å². The second kappa shape index (κ2) is 7.94. The second-order valence-corrected chi connectivity index (χ2v) is 7.29. The van der Waals surface area contributed by atoms with Crippen molar-refractivity contribution in [1.82, 2.24) is 20.7 Å². The van der Waals surface area contributed by atoms with Crippen LogP contribution in [0.25, 0.3) is 22.9 Å². The lowest BCUT2D eigenvalue weighted by molar-refractivity contribution is 0.0939. The smallest absolute Gasteiger partial charge is 0.251 e. The van der Waals surface area contributed by atoms with Gasteiger partial charge in [0.25, 0.3) is 5.91 Å². The predicted octanol–water partition coefficient (Wildman–Crippen LogP) is 4.81. The molecule has 30 heavy (non-hydrogen) atoms. The highest BCUT2D eigenvalue weighted by molar-refractivity contribution is 5.94. The van der Waals surface area contributed by atoms with Crippen LogP contribution in [-0.4, -0.2) is 21.3 Å². The number of carbonyl (C=O) groups excluding carboxylic acids is 1. The average molecular weight is 402 g/mol. The van der Waals surface area contributed by atoms with Crippen molar-refractivity contribution in [3.05, 3.63) is 76.7 Å². The van der Waals surface area contributed by atoms with Gasteiger partial charge in [0.15, 0.2) is 0 Å². The van der Waals surface area contributed by atoms with Crippen molar-refractivity contribution < 1.29 is 13.7 Å². The van der Waals surface area contributed by atoms with Gasteiger partial charge in [-0.15, -0.1) is 10.2 Å². The third kappa shape index (κ3) is 3.87. The summed E-state index contributed by atoms with van der Waals surface area (Å²) < 4.78 is 11.0. The van der Waals surface area contributed by atoms with Crippen LogP contribution in [0.15, 0.2) is 57.5 Å². The summed E-state index contributed by atoms with van der Waals surface area (Å²) in [6.45, 7) is 7.63. The van der Waals surface area contributed by atoms with Gasteiger partial charge in [0.1, 0.15) is 5.76 Å². The Labute approximate surface area is 174 Å². The van der Waals surface area contributed by atoms with Gasteiger partial charge in [-0.3, -0.25) is 4.79 Å². The minimum atomic E-state index is -0.212. The lowest BCUT2D eigenvalue weighted by Crippen LogP contribution is -2.27. The summed E-state index contributed by atoms with van der Waals surface area (Å²) in [5.74, 6) is 1.39. The second-order valence-electron chi connectivity index (χ2n) is 7.29. The molecule has 0 saturated heterocycles. The van der Waals surface area contributed by atoms with E-state index in [0.29, 0.717) is 23.1 Å². The highest BCUT2D eigenvalue weighted by atomic mass is 16.5. The number of hydrogen-bond donors (Lipinski definition) is 1. The van der Waals surface area contributed by atoms with Crippen molar-refractivity contribution in [2.24, 2.45) is 0 Å². The van der Waals surface area contributed by atoms with Crippen molar-refractivity contribution in [2.45, 2.75) is 33.7 Å². The van der Waals surface area contributed by atoms with Crippen LogP contribution in [0.1, 0.15) is 45.9 Å². The van der Waals surface area contributed by atoms with E-state index in [1.54, 1.807) is 24.3 Å². The van der Waals surface area contributed by atoms with Gasteiger partial charge < -0.3 is 14.3 Å². The maximum Gasteiger partial charge on any atom is 0.251 e. The molecule has 0 aliphatic carbocycles. The molecule has 0 aliphatic heterocycles. The first kappa shape index (κ1) is 19.6. The Morgan fingerprint density at radius 3 is 2.00 bits per heavy atom. The van der Waals surface area contributed by atoms with Gasteiger partial charge in [-0.25, -0.2) is 0 Å². The van der Waals surface area contributed by atoms with Crippen LogP contribution < -0.4 is 5.32 Å². The molecule has 2 heterocycles. The molecule has 152 valence electrons. The zero-order chi connectivity index (χ0) is 21.3. The molecule has 0 spiro atoms. The minimum absolute atomic E-state index is 0.181. The van der Waals surface area contributed by atoms with Crippen LogP contribution in [0.5, 0.6) is 0 Å². The lowest BCUT2D eigenvalue weighted by atomic mass is 10.1. The normalized spacial score (nSPS) is 12.0. The van der Waals surface area contributed by atoms with E-state index >= 15 is 0 Å². The Hall–Kier alpha value is -3.74. The molecule has 4 aromatic rings. The molecule has 1 unspecified atom stereocenters. The maximum atomic E-state index is 12.6. The Bertz CT molecular complexity index is 1150. The molecule has 2 aromatic heterocycles. The molecular formula is C23H22N4O3. The first-order valence-corrected chi connectivity index (χ1v) is 9.67. The molecule has 0 fully saturated rings. The summed E-state index contributed by atoms with van der Waals surface area (Å²) in [4.78, 5) is 12.6. The Morgan fingerprint density at radius 2 is 1.47 bits per heavy atom. The van der Waals surface area contributed by atoms with Gasteiger partial charge in [0.05, 0.1) is 11.7 Å². The number of carbonyl (C=O) groups is 1. The van der Waals surface area contributed by atoms with Gasteiger partial charge >= 0.3 is 0 Å². The molecule has 1 amide bonds. The van der Waals surface area contributed by atoms with Crippen LogP contribution in [0, 0.1) is 20.8 Å². The van der Waals surface area contributed by atoms with E-state index in [-0.39, 0.29) is 11.9 Å². The number of aromatic nitrogens is 3. The number of benzene rings is 2. The third-order valence-corrected chi connectivity index (χ3v) is 4.99. The highest BCUT2D eigenvalue weighted by Gasteiger charge is 2.19. The van der Waals surface area contributed by atoms with Crippen molar-refractivity contribution in [2.75, 3.05) is 0 Å². The predicted molar refractivity (Wildman–Crippen MR) is 112 cm³/mol. The van der Waals surface area contributed by atoms with Crippen LogP contribution in [0.2, 0.25) is 0 Å². The standard InChI is InChI=1S/C23H22N4O3/c1-13-5-7-18(8-6-13)22-25-26-23(29-22)19-11-9-17(10-12-19)21(28)24-14(2)20-15(3)27-30-16(20)4/h5-12,14H,1-4H3,(H,24,28). The number of hydrogen-bond acceptors (Lipinski definition) is 6. The molecule has 1 N–H and O–H groups in total. The van der Waals surface area contributed by atoms with Crippen LogP contribution in [-0.2, 0) is 0 Å². The fraction of sp³-hybridized carbons (Fsp3) is 0.217. The minimum Gasteiger partial charge on any atom is -0.416 e. The van der Waals surface area contributed by atoms with Gasteiger partial charge in [0, 0.05) is 22.3 Å². The maximum absolute atomic E-state index is 12.6. The highest BCUT2D eigenvalue weighted by Crippen LogP contribution is 2.25. The zero-order valence-corrected chi connectivity index (χ0v) is 17.3. The third-order valence-electron chi connectivity index (χ3n) is 4.99. The number of nitrogens with one attached hydrogen (secondary N) is 1. The quantitative estimate of drug-likeness (QED) is 0.515. The number of nitrogens with zero attached hydrogens (tertiary/aromatic N) is 3. The fourth-order valence-corrected chi connectivity index (χ4v) is 3.38. The molecule has 0 bridgehead atoms. The Balaban J connectivity index is 1.48. The van der Waals surface area contributed by atoms with E-state index in [9.17, 15) is 4.79 Å². The van der Waals surface area contributed by atoms with E-state index < -0.39 is 0 Å². The van der Waals surface area contributed by atoms with Gasteiger partial charge in [-0.1, -0.05) is 22.9 Å². The van der Waals surface area contributed by atoms with E-state index in [0.717, 1.165) is 27.9 Å². The van der Waals surface area contributed by atoms with E-state index in [1.165, 1.54) is 0 Å². The SMILES string of the molecule is Cc1ccc(-c2nnc(-c3ccc(C(=O)NC(C)c4c(C)noc4C)cc3)o2)cc1. The zero-order valence-electron chi connectivity index (χ0n) is 17.3. The van der Waals surface area contributed by atoms with E-state index in [2.05, 4.69) is 20.7 Å². The Kier molecular flexibility index (Phi) is 5.18. The summed E-state index contributed by atoms with van der Waals surface area (Å²) in [5, 5.41) is 15.2. The fourth-order valence-electron chi connectivity index (χ4n) is 3.38. The number of amides is 1. The molecule has 2 aromatic carbocycles. The van der Waals surface area contributed by atoms with Crippen molar-refractivity contribution >= 4 is 5.91 Å². The summed E-state index contributed by atoms with van der Waals surface area (Å²) in [6.07, 6.45) is 0. The van der Waals surface area contributed by atoms with Gasteiger partial charge in [0.2, 0.25) is 11.8 Å². The molecule has 0 saturated carbocycles. The van der Waals surface area contributed by atoms with E-state index in [1.807, 2.05) is 52.0 Å². The van der Waals surface area contributed by atoms with Crippen LogP contribution in [0.4, 0.5) is 0 Å². The molecule has 7 heteroatoms. The van der Waals surface area contributed by atoms with Crippen LogP contribution >= 0.6 is 0 Å². The monoisotopic (exact) mass is 402 g/mol. The largest absolute Gasteiger partial charge is 0.416 e. The van der Waals surface area contributed by atoms with Gasteiger partial charge in [-0.05, 0) is 64.1 Å². The molecule has 4 rings (SSSR count). The lowest BCUT2D eigenvalue weighted by Gasteiger charge is -2.13. The Morgan fingerprint density at radius 1 is 0.900 bits per heavy atom. The number of rotatable bonds is 5. The summed E-state index contributed by atoms with van der Waals surface area (Å²) in [6, 6.07) is 14.7. The van der Waals surface area contributed by atoms with Crippen LogP contribution in [0.3, 0.4) is 0 Å². The molecule has 1 atom stereocenters. The first-order valence-electron chi connectivity index (χ1n) is 9.67. The molecular weight excluding hydrogens is 380 g/mol. The van der Waals surface area contributed by atoms with Crippen molar-refractivity contribution in [3.63, 3.8) is 0 Å². The topological polar surface area (TPSA) is 94.1 Å². The number of aryl methyl sites for hydroxylation is 3.